The van der Waals surface area contributed by atoms with Gasteiger partial charge in [0.15, 0.2) is 0 Å². The largest absolute Gasteiger partial charge is 0.416 e. The molecule has 0 aliphatic carbocycles. The number of carbonyl (C=O) groups excluding carboxylic acids is 2. The number of hydrogen-bond acceptors (Lipinski definition) is 2. The molecule has 7 heteroatoms. The van der Waals surface area contributed by atoms with Gasteiger partial charge >= 0.3 is 6.18 Å². The molecule has 3 rings (SSSR count). The Morgan fingerprint density at radius 1 is 1.23 bits per heavy atom. The SMILES string of the molecule is O=C1NC[C@H]2CN(C(=O)Cc3ccc(C(F)(F)F)cc3)C[C@@H]12. The van der Waals surface area contributed by atoms with E-state index >= 15 is 0 Å². The molecule has 2 atom stereocenters. The van der Waals surface area contributed by atoms with Crippen LogP contribution in [0.5, 0.6) is 0 Å². The first kappa shape index (κ1) is 14.9. The maximum atomic E-state index is 12.5. The van der Waals surface area contributed by atoms with Crippen LogP contribution in [0.4, 0.5) is 13.2 Å². The standard InChI is InChI=1S/C15H15F3N2O2/c16-15(17,18)11-3-1-9(2-4-11)5-13(21)20-7-10-6-19-14(22)12(10)8-20/h1-4,10,12H,5-8H2,(H,19,22)/t10-,12+/m0/s1. The number of rotatable bonds is 2. The molecule has 2 heterocycles. The summed E-state index contributed by atoms with van der Waals surface area (Å²) < 4.78 is 37.4. The smallest absolute Gasteiger partial charge is 0.355 e. The molecule has 2 amide bonds. The van der Waals surface area contributed by atoms with Gasteiger partial charge in [-0.2, -0.15) is 13.2 Å². The van der Waals surface area contributed by atoms with Gasteiger partial charge in [-0.05, 0) is 17.7 Å². The molecular weight excluding hydrogens is 297 g/mol. The van der Waals surface area contributed by atoms with E-state index in [1.165, 1.54) is 12.1 Å². The van der Waals surface area contributed by atoms with E-state index in [2.05, 4.69) is 5.32 Å². The maximum absolute atomic E-state index is 12.5. The van der Waals surface area contributed by atoms with Crippen LogP contribution in [0.15, 0.2) is 24.3 Å². The van der Waals surface area contributed by atoms with E-state index in [4.69, 9.17) is 0 Å². The van der Waals surface area contributed by atoms with Gasteiger partial charge in [-0.15, -0.1) is 0 Å². The van der Waals surface area contributed by atoms with Gasteiger partial charge in [-0.25, -0.2) is 0 Å². The van der Waals surface area contributed by atoms with Gasteiger partial charge in [0.05, 0.1) is 17.9 Å². The van der Waals surface area contributed by atoms with Crippen molar-refractivity contribution in [1.29, 1.82) is 0 Å². The van der Waals surface area contributed by atoms with Gasteiger partial charge in [0.25, 0.3) is 0 Å². The lowest BCUT2D eigenvalue weighted by atomic mass is 10.0. The van der Waals surface area contributed by atoms with Crippen LogP contribution < -0.4 is 5.32 Å². The van der Waals surface area contributed by atoms with Gasteiger partial charge in [-0.1, -0.05) is 12.1 Å². The quantitative estimate of drug-likeness (QED) is 0.899. The Bertz CT molecular complexity index is 598. The van der Waals surface area contributed by atoms with Crippen molar-refractivity contribution in [1.82, 2.24) is 10.2 Å². The average Bonchev–Trinajstić information content (AvgIpc) is 3.01. The molecule has 2 aliphatic heterocycles. The molecule has 0 spiro atoms. The molecule has 0 aromatic heterocycles. The van der Waals surface area contributed by atoms with Crippen LogP contribution in [0, 0.1) is 11.8 Å². The monoisotopic (exact) mass is 312 g/mol. The lowest BCUT2D eigenvalue weighted by molar-refractivity contribution is -0.137. The van der Waals surface area contributed by atoms with Crippen molar-refractivity contribution in [2.24, 2.45) is 11.8 Å². The summed E-state index contributed by atoms with van der Waals surface area (Å²) in [6, 6.07) is 4.61. The molecule has 4 nitrogen and oxygen atoms in total. The van der Waals surface area contributed by atoms with Crippen LogP contribution in [-0.4, -0.2) is 36.3 Å². The summed E-state index contributed by atoms with van der Waals surface area (Å²) in [6.45, 7) is 1.52. The lowest BCUT2D eigenvalue weighted by Gasteiger charge is -2.17. The minimum atomic E-state index is -4.37. The van der Waals surface area contributed by atoms with Crippen molar-refractivity contribution in [3.8, 4) is 0 Å². The second kappa shape index (κ2) is 5.30. The van der Waals surface area contributed by atoms with Crippen molar-refractivity contribution in [3.63, 3.8) is 0 Å². The Hall–Kier alpha value is -2.05. The Labute approximate surface area is 125 Å². The van der Waals surface area contributed by atoms with E-state index in [0.29, 0.717) is 25.2 Å². The number of amides is 2. The molecule has 2 aliphatic rings. The number of carbonyl (C=O) groups is 2. The lowest BCUT2D eigenvalue weighted by Crippen LogP contribution is -2.34. The van der Waals surface area contributed by atoms with Crippen molar-refractivity contribution < 1.29 is 22.8 Å². The summed E-state index contributed by atoms with van der Waals surface area (Å²) in [7, 11) is 0. The first-order valence-corrected chi connectivity index (χ1v) is 7.06. The molecule has 1 aromatic carbocycles. The summed E-state index contributed by atoms with van der Waals surface area (Å²) in [5, 5.41) is 2.77. The van der Waals surface area contributed by atoms with Crippen molar-refractivity contribution in [2.75, 3.05) is 19.6 Å². The molecule has 1 aromatic rings. The molecule has 22 heavy (non-hydrogen) atoms. The molecule has 0 bridgehead atoms. The molecule has 0 radical (unpaired) electrons. The fourth-order valence-electron chi connectivity index (χ4n) is 3.04. The number of likely N-dealkylation sites (tertiary alicyclic amines) is 1. The highest BCUT2D eigenvalue weighted by atomic mass is 19.4. The normalized spacial score (nSPS) is 24.3. The third-order valence-electron chi connectivity index (χ3n) is 4.31. The highest BCUT2D eigenvalue weighted by molar-refractivity contribution is 5.85. The zero-order valence-corrected chi connectivity index (χ0v) is 11.7. The second-order valence-electron chi connectivity index (χ2n) is 5.78. The first-order chi connectivity index (χ1) is 10.3. The fourth-order valence-corrected chi connectivity index (χ4v) is 3.04. The predicted octanol–water partition coefficient (Wildman–Crippen LogP) is 1.45. The number of benzene rings is 1. The van der Waals surface area contributed by atoms with Crippen molar-refractivity contribution in [2.45, 2.75) is 12.6 Å². The van der Waals surface area contributed by atoms with Crippen LogP contribution in [-0.2, 0) is 22.2 Å². The highest BCUT2D eigenvalue weighted by Crippen LogP contribution is 2.30. The van der Waals surface area contributed by atoms with Gasteiger partial charge < -0.3 is 10.2 Å². The van der Waals surface area contributed by atoms with E-state index in [0.717, 1.165) is 12.1 Å². The summed E-state index contributed by atoms with van der Waals surface area (Å²) in [5.74, 6) is -0.155. The van der Waals surface area contributed by atoms with Crippen LogP contribution in [0.2, 0.25) is 0 Å². The third kappa shape index (κ3) is 2.80. The number of alkyl halides is 3. The summed E-state index contributed by atoms with van der Waals surface area (Å²) >= 11 is 0. The van der Waals surface area contributed by atoms with Gasteiger partial charge in [0.2, 0.25) is 11.8 Å². The molecule has 1 N–H and O–H groups in total. The van der Waals surface area contributed by atoms with Crippen LogP contribution in [0.25, 0.3) is 0 Å². The Morgan fingerprint density at radius 3 is 2.50 bits per heavy atom. The summed E-state index contributed by atoms with van der Waals surface area (Å²) in [5.41, 5.74) is -0.185. The number of fused-ring (bicyclic) bond motifs is 1. The first-order valence-electron chi connectivity index (χ1n) is 7.06. The van der Waals surface area contributed by atoms with E-state index < -0.39 is 11.7 Å². The van der Waals surface area contributed by atoms with Crippen LogP contribution in [0.1, 0.15) is 11.1 Å². The topological polar surface area (TPSA) is 49.4 Å². The van der Waals surface area contributed by atoms with Gasteiger partial charge in [0.1, 0.15) is 0 Å². The number of halogens is 3. The van der Waals surface area contributed by atoms with E-state index in [1.54, 1.807) is 4.90 Å². The Balaban J connectivity index is 1.62. The molecule has 0 unspecified atom stereocenters. The molecule has 2 fully saturated rings. The highest BCUT2D eigenvalue weighted by Gasteiger charge is 2.43. The fraction of sp³-hybridized carbons (Fsp3) is 0.467. The molecule has 0 saturated carbocycles. The van der Waals surface area contributed by atoms with E-state index in [9.17, 15) is 22.8 Å². The Kier molecular flexibility index (Phi) is 3.58. The third-order valence-corrected chi connectivity index (χ3v) is 4.31. The summed E-state index contributed by atoms with van der Waals surface area (Å²) in [6.07, 6.45) is -4.32. The van der Waals surface area contributed by atoms with Crippen LogP contribution in [0.3, 0.4) is 0 Å². The summed E-state index contributed by atoms with van der Waals surface area (Å²) in [4.78, 5) is 25.4. The Morgan fingerprint density at radius 2 is 1.91 bits per heavy atom. The average molecular weight is 312 g/mol. The van der Waals surface area contributed by atoms with E-state index in [-0.39, 0.29) is 30.1 Å². The number of nitrogens with one attached hydrogen (secondary N) is 1. The van der Waals surface area contributed by atoms with E-state index in [1.807, 2.05) is 0 Å². The van der Waals surface area contributed by atoms with Crippen LogP contribution >= 0.6 is 0 Å². The van der Waals surface area contributed by atoms with Gasteiger partial charge in [0, 0.05) is 25.6 Å². The minimum Gasteiger partial charge on any atom is -0.355 e. The minimum absolute atomic E-state index is 0.0187. The van der Waals surface area contributed by atoms with Gasteiger partial charge in [-0.3, -0.25) is 9.59 Å². The number of nitrogens with zero attached hydrogens (tertiary/aromatic N) is 1. The zero-order chi connectivity index (χ0) is 15.9. The maximum Gasteiger partial charge on any atom is 0.416 e. The second-order valence-corrected chi connectivity index (χ2v) is 5.78. The zero-order valence-electron chi connectivity index (χ0n) is 11.7. The van der Waals surface area contributed by atoms with Crippen molar-refractivity contribution >= 4 is 11.8 Å². The number of hydrogen-bond donors (Lipinski definition) is 1. The molecule has 118 valence electrons. The molecular formula is C15H15F3N2O2. The molecule has 2 saturated heterocycles. The van der Waals surface area contributed by atoms with Crippen molar-refractivity contribution in [3.05, 3.63) is 35.4 Å². The predicted molar refractivity (Wildman–Crippen MR) is 71.7 cm³/mol.